The second kappa shape index (κ2) is 7.24. The van der Waals surface area contributed by atoms with Gasteiger partial charge in [0, 0.05) is 19.5 Å². The number of carbonyl (C=O) groups is 1. The van der Waals surface area contributed by atoms with Gasteiger partial charge in [0.2, 0.25) is 5.91 Å². The average Bonchev–Trinajstić information content (AvgIpc) is 3.09. The molecule has 1 unspecified atom stereocenters. The van der Waals surface area contributed by atoms with Gasteiger partial charge in [0.1, 0.15) is 0 Å². The van der Waals surface area contributed by atoms with Crippen molar-refractivity contribution in [1.29, 1.82) is 0 Å². The van der Waals surface area contributed by atoms with Crippen molar-refractivity contribution in [1.82, 2.24) is 4.90 Å². The molecule has 4 aliphatic rings. The Kier molecular flexibility index (Phi) is 4.91. The third kappa shape index (κ3) is 2.93. The highest BCUT2D eigenvalue weighted by atomic mass is 16.2. The number of nitrogens with zero attached hydrogens (tertiary/aromatic N) is 1. The monoisotopic (exact) mass is 405 g/mol. The van der Waals surface area contributed by atoms with Gasteiger partial charge >= 0.3 is 0 Å². The lowest BCUT2D eigenvalue weighted by Gasteiger charge is -2.62. The van der Waals surface area contributed by atoms with Gasteiger partial charge in [-0.05, 0) is 91.9 Å². The number of piperidine rings is 1. The lowest BCUT2D eigenvalue weighted by Crippen LogP contribution is -2.61. The summed E-state index contributed by atoms with van der Waals surface area (Å²) in [6.07, 6.45) is 12.4. The van der Waals surface area contributed by atoms with E-state index < -0.39 is 0 Å². The zero-order chi connectivity index (χ0) is 21.1. The van der Waals surface area contributed by atoms with Gasteiger partial charge in [0.05, 0.1) is 0 Å². The van der Waals surface area contributed by atoms with Gasteiger partial charge in [-0.3, -0.25) is 4.79 Å². The van der Waals surface area contributed by atoms with Crippen LogP contribution in [0.15, 0.2) is 35.9 Å². The molecule has 1 amide bonds. The van der Waals surface area contributed by atoms with Crippen LogP contribution >= 0.6 is 0 Å². The van der Waals surface area contributed by atoms with Crippen LogP contribution in [0, 0.1) is 34.5 Å². The minimum Gasteiger partial charge on any atom is -0.342 e. The molecule has 2 nitrogen and oxygen atoms in total. The largest absolute Gasteiger partial charge is 0.342 e. The zero-order valence-electron chi connectivity index (χ0n) is 19.4. The highest BCUT2D eigenvalue weighted by Gasteiger charge is 2.61. The molecule has 7 atom stereocenters. The molecule has 0 bridgehead atoms. The van der Waals surface area contributed by atoms with E-state index in [1.54, 1.807) is 5.57 Å². The molecular formula is C28H39NO. The van der Waals surface area contributed by atoms with E-state index in [0.717, 1.165) is 36.5 Å². The number of fused-ring (bicyclic) bond motifs is 5. The fourth-order valence-electron chi connectivity index (χ4n) is 8.81. The Morgan fingerprint density at radius 1 is 0.967 bits per heavy atom. The molecule has 2 heteroatoms. The van der Waals surface area contributed by atoms with Crippen LogP contribution in [0.3, 0.4) is 0 Å². The molecule has 5 rings (SSSR count). The Bertz CT molecular complexity index is 843. The topological polar surface area (TPSA) is 20.3 Å². The zero-order valence-corrected chi connectivity index (χ0v) is 19.4. The summed E-state index contributed by atoms with van der Waals surface area (Å²) in [7, 11) is 2.07. The third-order valence-electron chi connectivity index (χ3n) is 10.3. The Labute approximate surface area is 183 Å². The molecule has 0 N–H and O–H groups in total. The second-order valence-corrected chi connectivity index (χ2v) is 11.5. The van der Waals surface area contributed by atoms with Crippen LogP contribution in [0.1, 0.15) is 77.7 Å². The fourth-order valence-corrected chi connectivity index (χ4v) is 8.81. The van der Waals surface area contributed by atoms with E-state index in [9.17, 15) is 4.79 Å². The molecule has 0 aromatic heterocycles. The van der Waals surface area contributed by atoms with E-state index >= 15 is 0 Å². The molecule has 1 saturated heterocycles. The Morgan fingerprint density at radius 2 is 1.70 bits per heavy atom. The molecule has 3 aliphatic carbocycles. The van der Waals surface area contributed by atoms with Crippen LogP contribution < -0.4 is 0 Å². The molecule has 0 radical (unpaired) electrons. The van der Waals surface area contributed by atoms with E-state index in [-0.39, 0.29) is 0 Å². The number of allylic oxidation sites excluding steroid dienone is 1. The minimum absolute atomic E-state index is 0.333. The third-order valence-corrected chi connectivity index (χ3v) is 10.3. The number of amides is 1. The maximum absolute atomic E-state index is 12.4. The van der Waals surface area contributed by atoms with Crippen molar-refractivity contribution in [2.75, 3.05) is 7.05 Å². The van der Waals surface area contributed by atoms with Crippen molar-refractivity contribution < 1.29 is 4.79 Å². The predicted molar refractivity (Wildman–Crippen MR) is 124 cm³/mol. The van der Waals surface area contributed by atoms with E-state index in [0.29, 0.717) is 22.8 Å². The SMILES string of the molecule is C/C(=C\c1ccccc1)[C@H]1CC[C@H]2[C@@H]3CCC4N(C)C(=O)CC[C@]4(C)[C@H]3CC[C@]12C. The van der Waals surface area contributed by atoms with Crippen LogP contribution in [-0.2, 0) is 4.79 Å². The first-order chi connectivity index (χ1) is 14.3. The fraction of sp³-hybridized carbons (Fsp3) is 0.679. The van der Waals surface area contributed by atoms with Gasteiger partial charge in [0.15, 0.2) is 0 Å². The van der Waals surface area contributed by atoms with Gasteiger partial charge in [-0.2, -0.15) is 0 Å². The normalized spacial score (nSPS) is 43.7. The van der Waals surface area contributed by atoms with Crippen LogP contribution in [0.5, 0.6) is 0 Å². The van der Waals surface area contributed by atoms with Gasteiger partial charge in [-0.25, -0.2) is 0 Å². The van der Waals surface area contributed by atoms with Crippen LogP contribution in [-0.4, -0.2) is 23.9 Å². The molecule has 162 valence electrons. The highest BCUT2D eigenvalue weighted by Crippen LogP contribution is 2.67. The summed E-state index contributed by atoms with van der Waals surface area (Å²) in [5, 5.41) is 0. The first kappa shape index (κ1) is 20.3. The maximum Gasteiger partial charge on any atom is 0.222 e. The summed E-state index contributed by atoms with van der Waals surface area (Å²) in [4.78, 5) is 14.5. The van der Waals surface area contributed by atoms with Gasteiger partial charge < -0.3 is 4.90 Å². The number of benzene rings is 1. The van der Waals surface area contributed by atoms with E-state index in [2.05, 4.69) is 69.1 Å². The summed E-state index contributed by atoms with van der Waals surface area (Å²) in [6.45, 7) is 7.54. The molecule has 1 aromatic carbocycles. The van der Waals surface area contributed by atoms with Crippen LogP contribution in [0.2, 0.25) is 0 Å². The molecule has 4 fully saturated rings. The molecule has 1 aromatic rings. The van der Waals surface area contributed by atoms with Gasteiger partial charge in [-0.1, -0.05) is 55.8 Å². The lowest BCUT2D eigenvalue weighted by molar-refractivity contribution is -0.157. The average molecular weight is 406 g/mol. The van der Waals surface area contributed by atoms with E-state index in [4.69, 9.17) is 0 Å². The first-order valence-electron chi connectivity index (χ1n) is 12.3. The van der Waals surface area contributed by atoms with E-state index in [1.165, 1.54) is 44.1 Å². The van der Waals surface area contributed by atoms with Gasteiger partial charge in [-0.15, -0.1) is 0 Å². The summed E-state index contributed by atoms with van der Waals surface area (Å²) in [6, 6.07) is 11.3. The van der Waals surface area contributed by atoms with Crippen molar-refractivity contribution in [2.45, 2.75) is 78.2 Å². The minimum atomic E-state index is 0.333. The number of hydrogen-bond acceptors (Lipinski definition) is 1. The van der Waals surface area contributed by atoms with Crippen molar-refractivity contribution in [3.63, 3.8) is 0 Å². The van der Waals surface area contributed by atoms with Crippen molar-refractivity contribution in [3.8, 4) is 0 Å². The molecule has 1 aliphatic heterocycles. The summed E-state index contributed by atoms with van der Waals surface area (Å²) in [5.74, 6) is 3.63. The summed E-state index contributed by atoms with van der Waals surface area (Å²) in [5.41, 5.74) is 3.72. The van der Waals surface area contributed by atoms with Crippen LogP contribution in [0.4, 0.5) is 0 Å². The Hall–Kier alpha value is -1.57. The summed E-state index contributed by atoms with van der Waals surface area (Å²) >= 11 is 0. The quantitative estimate of drug-likeness (QED) is 0.545. The number of hydrogen-bond donors (Lipinski definition) is 0. The number of likely N-dealkylation sites (tertiary alicyclic amines) is 1. The summed E-state index contributed by atoms with van der Waals surface area (Å²) < 4.78 is 0. The highest BCUT2D eigenvalue weighted by molar-refractivity contribution is 5.77. The van der Waals surface area contributed by atoms with Gasteiger partial charge in [0.25, 0.3) is 0 Å². The van der Waals surface area contributed by atoms with Crippen molar-refractivity contribution in [3.05, 3.63) is 41.5 Å². The maximum atomic E-state index is 12.4. The van der Waals surface area contributed by atoms with Crippen LogP contribution in [0.25, 0.3) is 6.08 Å². The Morgan fingerprint density at radius 3 is 2.47 bits per heavy atom. The molecular weight excluding hydrogens is 366 g/mol. The predicted octanol–water partition coefficient (Wildman–Crippen LogP) is 6.57. The smallest absolute Gasteiger partial charge is 0.222 e. The van der Waals surface area contributed by atoms with Crippen molar-refractivity contribution in [2.24, 2.45) is 34.5 Å². The Balaban J connectivity index is 1.40. The number of rotatable bonds is 2. The number of carbonyl (C=O) groups excluding carboxylic acids is 1. The standard InChI is InChI=1S/C28H39NO/c1-19(18-20-8-6-5-7-9-20)22-11-12-23-21-10-13-25-28(3,17-15-26(30)29(25)4)24(21)14-16-27(22,23)2/h5-9,18,21-25H,10-17H2,1-4H3/b19-18+/t21-,22+,23-,24-,25?,27+,28+/m0/s1. The lowest BCUT2D eigenvalue weighted by atomic mass is 9.46. The van der Waals surface area contributed by atoms with E-state index in [1.807, 2.05) is 0 Å². The first-order valence-corrected chi connectivity index (χ1v) is 12.3. The molecule has 1 heterocycles. The second-order valence-electron chi connectivity index (χ2n) is 11.5. The molecule has 0 spiro atoms. The molecule has 30 heavy (non-hydrogen) atoms. The molecule has 3 saturated carbocycles. The van der Waals surface area contributed by atoms with Crippen molar-refractivity contribution >= 4 is 12.0 Å².